The molecule has 1 aliphatic rings. The van der Waals surface area contributed by atoms with Crippen LogP contribution in [0.4, 0.5) is 50.0 Å². The van der Waals surface area contributed by atoms with Crippen LogP contribution in [0.3, 0.4) is 0 Å². The normalized spacial score (nSPS) is 18.0. The first-order valence-electron chi connectivity index (χ1n) is 11.6. The van der Waals surface area contributed by atoms with E-state index in [-0.39, 0.29) is 30.3 Å². The van der Waals surface area contributed by atoms with Crippen LogP contribution in [0, 0.1) is 0 Å². The van der Waals surface area contributed by atoms with E-state index in [9.17, 15) is 49.1 Å². The number of carbonyl (C=O) groups is 2. The number of fused-ring (bicyclic) bond motifs is 1. The minimum atomic E-state index is -5.13. The van der Waals surface area contributed by atoms with E-state index >= 15 is 0 Å². The predicted octanol–water partition coefficient (Wildman–Crippen LogP) is 7.59. The largest absolute Gasteiger partial charge is 0.449 e. The van der Waals surface area contributed by atoms with Crippen molar-refractivity contribution in [2.75, 3.05) is 11.5 Å². The number of benzene rings is 2. The maximum absolute atomic E-state index is 13.6. The second-order valence-corrected chi connectivity index (χ2v) is 9.00. The quantitative estimate of drug-likeness (QED) is 0.356. The Morgan fingerprint density at radius 1 is 0.897 bits per heavy atom. The molecule has 0 spiro atoms. The van der Waals surface area contributed by atoms with Crippen LogP contribution in [0.1, 0.15) is 61.1 Å². The highest BCUT2D eigenvalue weighted by molar-refractivity contribution is 5.90. The highest BCUT2D eigenvalue weighted by Crippen LogP contribution is 2.44. The molecule has 2 amide bonds. The van der Waals surface area contributed by atoms with Gasteiger partial charge >= 0.3 is 24.6 Å². The zero-order valence-electron chi connectivity index (χ0n) is 20.8. The minimum Gasteiger partial charge on any atom is -0.449 e. The van der Waals surface area contributed by atoms with E-state index < -0.39 is 71.4 Å². The van der Waals surface area contributed by atoms with Gasteiger partial charge in [0, 0.05) is 19.5 Å². The van der Waals surface area contributed by atoms with Crippen molar-refractivity contribution in [1.29, 1.82) is 0 Å². The van der Waals surface area contributed by atoms with Crippen LogP contribution in [-0.4, -0.2) is 29.5 Å². The first-order valence-corrected chi connectivity index (χ1v) is 11.6. The number of hydrogen-bond acceptors (Lipinski definition) is 3. The first kappa shape index (κ1) is 30.1. The van der Waals surface area contributed by atoms with Crippen molar-refractivity contribution in [2.24, 2.45) is 0 Å². The molecule has 1 heterocycles. The molecular weight excluding hydrogens is 547 g/mol. The number of hydrogen-bond donors (Lipinski definition) is 0. The Kier molecular flexibility index (Phi) is 8.19. The highest BCUT2D eigenvalue weighted by Gasteiger charge is 2.42. The molecule has 0 saturated heterocycles. The summed E-state index contributed by atoms with van der Waals surface area (Å²) >= 11 is 0. The summed E-state index contributed by atoms with van der Waals surface area (Å²) in [6, 6.07) is 1.32. The Bertz CT molecular complexity index is 1210. The lowest BCUT2D eigenvalue weighted by molar-refractivity contribution is -0.143. The number of amides is 2. The number of carbonyl (C=O) groups excluding carboxylic acids is 2. The lowest BCUT2D eigenvalue weighted by atomic mass is 9.89. The summed E-state index contributed by atoms with van der Waals surface area (Å²) < 4.78 is 126. The van der Waals surface area contributed by atoms with Gasteiger partial charge in [-0.1, -0.05) is 0 Å². The van der Waals surface area contributed by atoms with Crippen LogP contribution in [-0.2, 0) is 34.6 Å². The molecule has 2 unspecified atom stereocenters. The number of rotatable bonds is 4. The summed E-state index contributed by atoms with van der Waals surface area (Å²) in [4.78, 5) is 27.3. The summed E-state index contributed by atoms with van der Waals surface area (Å²) in [6.07, 6.45) is -16.1. The Morgan fingerprint density at radius 2 is 1.44 bits per heavy atom. The molecule has 1 aliphatic heterocycles. The molecule has 2 atom stereocenters. The second kappa shape index (κ2) is 10.6. The third-order valence-electron chi connectivity index (χ3n) is 6.22. The van der Waals surface area contributed by atoms with E-state index in [1.165, 1.54) is 13.8 Å². The topological polar surface area (TPSA) is 49.9 Å². The van der Waals surface area contributed by atoms with Gasteiger partial charge in [0.15, 0.2) is 0 Å². The van der Waals surface area contributed by atoms with Gasteiger partial charge < -0.3 is 9.64 Å². The Hall–Kier alpha value is -3.45. The van der Waals surface area contributed by atoms with Crippen LogP contribution in [0.15, 0.2) is 36.4 Å². The number of halogens is 9. The summed E-state index contributed by atoms with van der Waals surface area (Å²) in [6.45, 7) is 3.22. The minimum absolute atomic E-state index is 0.0310. The molecular formula is C25H23F9N2O3. The van der Waals surface area contributed by atoms with Crippen LogP contribution < -0.4 is 4.90 Å². The fraction of sp³-hybridized carbons (Fsp3) is 0.440. The molecule has 0 aliphatic carbocycles. The molecule has 2 aromatic carbocycles. The van der Waals surface area contributed by atoms with E-state index in [1.807, 2.05) is 0 Å². The van der Waals surface area contributed by atoms with Crippen LogP contribution >= 0.6 is 0 Å². The van der Waals surface area contributed by atoms with Crippen molar-refractivity contribution < 1.29 is 53.8 Å². The Balaban J connectivity index is 2.17. The molecule has 0 aromatic heterocycles. The maximum Gasteiger partial charge on any atom is 0.416 e. The summed E-state index contributed by atoms with van der Waals surface area (Å²) in [5, 5.41) is 0. The first-order chi connectivity index (χ1) is 17.8. The predicted molar refractivity (Wildman–Crippen MR) is 120 cm³/mol. The maximum atomic E-state index is 13.6. The van der Waals surface area contributed by atoms with Crippen molar-refractivity contribution >= 4 is 17.7 Å². The zero-order chi connectivity index (χ0) is 29.5. The standard InChI is InChI=1S/C25H23F9N2O3/c1-4-39-22(38)36-13(2)7-21(19-11-16(23(26,27)28)5-6-20(19)36)35(14(3)37)12-15-8-17(24(29,30)31)10-18(9-15)25(32,33)34/h5-6,8-11,13,21H,4,7,12H2,1-3H3. The molecule has 39 heavy (non-hydrogen) atoms. The van der Waals surface area contributed by atoms with Gasteiger partial charge in [0.25, 0.3) is 0 Å². The van der Waals surface area contributed by atoms with Gasteiger partial charge in [-0.05, 0) is 67.8 Å². The molecule has 5 nitrogen and oxygen atoms in total. The van der Waals surface area contributed by atoms with Crippen molar-refractivity contribution in [1.82, 2.24) is 4.90 Å². The molecule has 2 aromatic rings. The van der Waals surface area contributed by atoms with Crippen LogP contribution in [0.2, 0.25) is 0 Å². The van der Waals surface area contributed by atoms with Crippen LogP contribution in [0.5, 0.6) is 0 Å². The smallest absolute Gasteiger partial charge is 0.416 e. The molecule has 3 rings (SSSR count). The molecule has 0 N–H and O–H groups in total. The molecule has 214 valence electrons. The van der Waals surface area contributed by atoms with Crippen molar-refractivity contribution in [2.45, 2.75) is 64.3 Å². The average molecular weight is 570 g/mol. The molecule has 0 saturated carbocycles. The van der Waals surface area contributed by atoms with Gasteiger partial charge in [0.1, 0.15) is 0 Å². The number of anilines is 1. The third-order valence-corrected chi connectivity index (χ3v) is 6.22. The number of ether oxygens (including phenoxy) is 1. The van der Waals surface area contributed by atoms with E-state index in [2.05, 4.69) is 0 Å². The van der Waals surface area contributed by atoms with E-state index in [0.717, 1.165) is 28.9 Å². The fourth-order valence-corrected chi connectivity index (χ4v) is 4.52. The molecule has 0 radical (unpaired) electrons. The second-order valence-electron chi connectivity index (χ2n) is 9.00. The summed E-state index contributed by atoms with van der Waals surface area (Å²) in [7, 11) is 0. The summed E-state index contributed by atoms with van der Waals surface area (Å²) in [5.41, 5.74) is -5.03. The van der Waals surface area contributed by atoms with Gasteiger partial charge in [-0.15, -0.1) is 0 Å². The van der Waals surface area contributed by atoms with Gasteiger partial charge in [-0.25, -0.2) is 4.79 Å². The molecule has 0 bridgehead atoms. The molecule has 14 heteroatoms. The van der Waals surface area contributed by atoms with Gasteiger partial charge in [-0.2, -0.15) is 39.5 Å². The fourth-order valence-electron chi connectivity index (χ4n) is 4.52. The van der Waals surface area contributed by atoms with Crippen molar-refractivity contribution in [3.63, 3.8) is 0 Å². The monoisotopic (exact) mass is 570 g/mol. The summed E-state index contributed by atoms with van der Waals surface area (Å²) in [5.74, 6) is -0.814. The lowest BCUT2D eigenvalue weighted by Gasteiger charge is -2.43. The highest BCUT2D eigenvalue weighted by atomic mass is 19.4. The van der Waals surface area contributed by atoms with E-state index in [4.69, 9.17) is 4.74 Å². The number of nitrogens with zero attached hydrogens (tertiary/aromatic N) is 2. The third kappa shape index (κ3) is 6.59. The average Bonchev–Trinajstić information content (AvgIpc) is 2.79. The Labute approximate surface area is 217 Å². The van der Waals surface area contributed by atoms with Crippen molar-refractivity contribution in [3.8, 4) is 0 Å². The van der Waals surface area contributed by atoms with Gasteiger partial charge in [0.2, 0.25) is 5.91 Å². The van der Waals surface area contributed by atoms with E-state index in [0.29, 0.717) is 18.2 Å². The lowest BCUT2D eigenvalue weighted by Crippen LogP contribution is -2.47. The van der Waals surface area contributed by atoms with E-state index in [1.54, 1.807) is 0 Å². The van der Waals surface area contributed by atoms with Gasteiger partial charge in [0.05, 0.1) is 35.0 Å². The molecule has 0 fully saturated rings. The van der Waals surface area contributed by atoms with Crippen molar-refractivity contribution in [3.05, 3.63) is 64.2 Å². The Morgan fingerprint density at radius 3 is 1.90 bits per heavy atom. The number of alkyl halides is 9. The van der Waals surface area contributed by atoms with Crippen LogP contribution in [0.25, 0.3) is 0 Å². The van der Waals surface area contributed by atoms with Gasteiger partial charge in [-0.3, -0.25) is 9.69 Å². The zero-order valence-corrected chi connectivity index (χ0v) is 20.8. The SMILES string of the molecule is CCOC(=O)N1c2ccc(C(F)(F)F)cc2C(N(Cc2cc(C(F)(F)F)cc(C(F)(F)F)c2)C(C)=O)CC1C.